The lowest BCUT2D eigenvalue weighted by Gasteiger charge is -2.26. The summed E-state index contributed by atoms with van der Waals surface area (Å²) in [4.78, 5) is 9.80. The van der Waals surface area contributed by atoms with Gasteiger partial charge in [0.1, 0.15) is 16.1 Å². The van der Waals surface area contributed by atoms with Crippen LogP contribution in [0.5, 0.6) is 0 Å². The second-order valence-corrected chi connectivity index (χ2v) is 23.9. The summed E-state index contributed by atoms with van der Waals surface area (Å²) >= 11 is 1.90. The van der Waals surface area contributed by atoms with Crippen molar-refractivity contribution in [3.8, 4) is 0 Å². The molecule has 0 bridgehead atoms. The normalized spacial score (nSPS) is 13.4. The zero-order chi connectivity index (χ0) is 28.4. The van der Waals surface area contributed by atoms with Gasteiger partial charge in [0.05, 0.1) is 0 Å². The molecule has 0 saturated heterocycles. The Bertz CT molecular complexity index is 1560. The van der Waals surface area contributed by atoms with Crippen molar-refractivity contribution in [1.29, 1.82) is 0 Å². The Balaban J connectivity index is 1.61. The minimum atomic E-state index is -1.98. The van der Waals surface area contributed by atoms with Gasteiger partial charge in [-0.2, -0.15) is 0 Å². The number of hydrogen-bond acceptors (Lipinski definition) is 3. The van der Waals surface area contributed by atoms with Crippen molar-refractivity contribution in [3.05, 3.63) is 84.2 Å². The summed E-state index contributed by atoms with van der Waals surface area (Å²) in [6.45, 7) is 23.4. The quantitative estimate of drug-likeness (QED) is 0.217. The van der Waals surface area contributed by atoms with E-state index in [1.54, 1.807) is 0 Å². The Morgan fingerprint density at radius 3 is 1.28 bits per heavy atom. The SMILES string of the molecule is CC(C)(C)c1ccnc([Si](C)(C)c2ccc3sc4ccc([Si](C)(C)c5cc(C(C)(C)C)ccn5)cc4c3c2)c1. The molecule has 0 unspecified atom stereocenters. The molecule has 0 amide bonds. The summed E-state index contributed by atoms with van der Waals surface area (Å²) in [6.07, 6.45) is 4.01. The number of benzene rings is 2. The molecule has 0 spiro atoms. The highest BCUT2D eigenvalue weighted by molar-refractivity contribution is 7.26. The maximum Gasteiger partial charge on any atom is 0.135 e. The fourth-order valence-corrected chi connectivity index (χ4v) is 10.8. The van der Waals surface area contributed by atoms with Crippen molar-refractivity contribution in [2.75, 3.05) is 0 Å². The summed E-state index contributed by atoms with van der Waals surface area (Å²) in [7, 11) is -3.96. The zero-order valence-corrected chi connectivity index (χ0v) is 28.0. The molecule has 2 aromatic carbocycles. The van der Waals surface area contributed by atoms with E-state index in [2.05, 4.69) is 128 Å². The van der Waals surface area contributed by atoms with Crippen molar-refractivity contribution < 1.29 is 0 Å². The number of rotatable bonds is 4. The molecule has 5 heteroatoms. The Labute approximate surface area is 240 Å². The minimum absolute atomic E-state index is 0.115. The summed E-state index contributed by atoms with van der Waals surface area (Å²) < 4.78 is 2.72. The summed E-state index contributed by atoms with van der Waals surface area (Å²) in [5.74, 6) is 0. The predicted octanol–water partition coefficient (Wildman–Crippen LogP) is 7.08. The molecule has 3 heterocycles. The van der Waals surface area contributed by atoms with Gasteiger partial charge in [-0.3, -0.25) is 9.97 Å². The zero-order valence-electron chi connectivity index (χ0n) is 25.2. The predicted molar refractivity (Wildman–Crippen MR) is 179 cm³/mol. The van der Waals surface area contributed by atoms with E-state index in [1.165, 1.54) is 52.3 Å². The second-order valence-electron chi connectivity index (χ2n) is 14.1. The molecule has 3 aromatic heterocycles. The van der Waals surface area contributed by atoms with Crippen LogP contribution in [-0.4, -0.2) is 26.1 Å². The fraction of sp³-hybridized carbons (Fsp3) is 0.353. The van der Waals surface area contributed by atoms with Crippen LogP contribution in [0, 0.1) is 0 Å². The highest BCUT2D eigenvalue weighted by Gasteiger charge is 2.31. The largest absolute Gasteiger partial charge is 0.266 e. The van der Waals surface area contributed by atoms with Gasteiger partial charge in [0.2, 0.25) is 0 Å². The maximum atomic E-state index is 4.90. The van der Waals surface area contributed by atoms with Gasteiger partial charge in [-0.15, -0.1) is 11.3 Å². The molecule has 5 rings (SSSR count). The van der Waals surface area contributed by atoms with Crippen molar-refractivity contribution >= 4 is 68.7 Å². The minimum Gasteiger partial charge on any atom is -0.266 e. The van der Waals surface area contributed by atoms with Crippen LogP contribution in [0.15, 0.2) is 73.1 Å². The highest BCUT2D eigenvalue weighted by Crippen LogP contribution is 2.33. The Kier molecular flexibility index (Phi) is 6.80. The summed E-state index contributed by atoms with van der Waals surface area (Å²) in [6, 6.07) is 23.4. The van der Waals surface area contributed by atoms with E-state index in [4.69, 9.17) is 9.97 Å². The van der Waals surface area contributed by atoms with Gasteiger partial charge in [0, 0.05) is 43.2 Å². The Hall–Kier alpha value is -2.61. The van der Waals surface area contributed by atoms with Crippen LogP contribution in [0.4, 0.5) is 0 Å². The number of pyridine rings is 2. The number of thiophene rings is 1. The second kappa shape index (κ2) is 9.50. The monoisotopic (exact) mass is 566 g/mol. The number of nitrogens with zero attached hydrogens (tertiary/aromatic N) is 2. The number of hydrogen-bond donors (Lipinski definition) is 0. The average Bonchev–Trinajstić information content (AvgIpc) is 3.25. The Morgan fingerprint density at radius 1 is 0.538 bits per heavy atom. The van der Waals surface area contributed by atoms with E-state index in [0.29, 0.717) is 0 Å². The van der Waals surface area contributed by atoms with E-state index in [-0.39, 0.29) is 10.8 Å². The van der Waals surface area contributed by atoms with Gasteiger partial charge >= 0.3 is 0 Å². The maximum absolute atomic E-state index is 4.90. The number of aromatic nitrogens is 2. The van der Waals surface area contributed by atoms with Crippen LogP contribution < -0.4 is 21.0 Å². The van der Waals surface area contributed by atoms with Crippen molar-refractivity contribution in [3.63, 3.8) is 0 Å². The molecule has 0 radical (unpaired) electrons. The lowest BCUT2D eigenvalue weighted by atomic mass is 9.88. The molecular weight excluding hydrogens is 525 g/mol. The van der Waals surface area contributed by atoms with Crippen LogP contribution in [0.25, 0.3) is 20.2 Å². The standard InChI is InChI=1S/C34H42N2SSi2/c1-33(2,3)23-15-17-35-31(19-23)38(7,8)25-11-13-29-27(21-25)28-22-26(12-14-30(28)37-29)39(9,10)32-20-24(16-18-36-32)34(4,5)6/h11-22H,1-10H3. The third-order valence-electron chi connectivity index (χ3n) is 8.45. The summed E-state index contributed by atoms with van der Waals surface area (Å²) in [5, 5.41) is 8.15. The van der Waals surface area contributed by atoms with Crippen LogP contribution in [0.2, 0.25) is 26.2 Å². The highest BCUT2D eigenvalue weighted by atomic mass is 32.1. The van der Waals surface area contributed by atoms with Crippen molar-refractivity contribution in [1.82, 2.24) is 9.97 Å². The Morgan fingerprint density at radius 2 is 0.923 bits per heavy atom. The molecule has 0 atom stereocenters. The molecule has 0 aliphatic rings. The lowest BCUT2D eigenvalue weighted by molar-refractivity contribution is 0.589. The lowest BCUT2D eigenvalue weighted by Crippen LogP contribution is -2.54. The third-order valence-corrected chi connectivity index (χ3v) is 16.2. The van der Waals surface area contributed by atoms with Crippen LogP contribution >= 0.6 is 11.3 Å². The van der Waals surface area contributed by atoms with E-state index < -0.39 is 16.1 Å². The first-order valence-electron chi connectivity index (χ1n) is 14.0. The van der Waals surface area contributed by atoms with E-state index in [9.17, 15) is 0 Å². The van der Waals surface area contributed by atoms with Crippen LogP contribution in [-0.2, 0) is 10.8 Å². The molecule has 0 N–H and O–H groups in total. The van der Waals surface area contributed by atoms with Crippen molar-refractivity contribution in [2.45, 2.75) is 78.6 Å². The van der Waals surface area contributed by atoms with Gasteiger partial charge < -0.3 is 0 Å². The van der Waals surface area contributed by atoms with E-state index >= 15 is 0 Å². The van der Waals surface area contributed by atoms with Crippen LogP contribution in [0.3, 0.4) is 0 Å². The average molecular weight is 567 g/mol. The molecule has 5 aromatic rings. The molecule has 2 nitrogen and oxygen atoms in total. The van der Waals surface area contributed by atoms with Crippen molar-refractivity contribution in [2.24, 2.45) is 0 Å². The molecule has 0 fully saturated rings. The first-order valence-corrected chi connectivity index (χ1v) is 20.8. The number of fused-ring (bicyclic) bond motifs is 3. The molecule has 202 valence electrons. The third kappa shape index (κ3) is 5.17. The molecule has 39 heavy (non-hydrogen) atoms. The van der Waals surface area contributed by atoms with Gasteiger partial charge in [0.15, 0.2) is 0 Å². The smallest absolute Gasteiger partial charge is 0.135 e. The van der Waals surface area contributed by atoms with Gasteiger partial charge in [-0.05, 0) is 58.4 Å². The van der Waals surface area contributed by atoms with E-state index in [1.807, 2.05) is 23.7 Å². The fourth-order valence-electron chi connectivity index (χ4n) is 5.33. The summed E-state index contributed by atoms with van der Waals surface area (Å²) in [5.41, 5.74) is 2.95. The van der Waals surface area contributed by atoms with E-state index in [0.717, 1.165) is 0 Å². The van der Waals surface area contributed by atoms with Gasteiger partial charge in [0.25, 0.3) is 0 Å². The van der Waals surface area contributed by atoms with Gasteiger partial charge in [-0.1, -0.05) is 102 Å². The topological polar surface area (TPSA) is 25.8 Å². The first-order chi connectivity index (χ1) is 18.1. The molecular formula is C34H42N2SSi2. The van der Waals surface area contributed by atoms with Crippen LogP contribution in [0.1, 0.15) is 52.7 Å². The van der Waals surface area contributed by atoms with Gasteiger partial charge in [-0.25, -0.2) is 0 Å². The first kappa shape index (κ1) is 27.9. The molecule has 0 aliphatic carbocycles. The molecule has 0 saturated carbocycles. The molecule has 0 aliphatic heterocycles.